The summed E-state index contributed by atoms with van der Waals surface area (Å²) in [5, 5.41) is 2.77. The zero-order valence-electron chi connectivity index (χ0n) is 17.2. The molecule has 0 fully saturated rings. The third-order valence-corrected chi connectivity index (χ3v) is 5.41. The largest absolute Gasteiger partial charge is 0.497 e. The van der Waals surface area contributed by atoms with Crippen LogP contribution in [-0.4, -0.2) is 43.0 Å². The van der Waals surface area contributed by atoms with Gasteiger partial charge in [-0.15, -0.1) is 0 Å². The molecule has 0 unspecified atom stereocenters. The molecule has 0 radical (unpaired) electrons. The summed E-state index contributed by atoms with van der Waals surface area (Å²) in [5.74, 6) is 0.875. The summed E-state index contributed by atoms with van der Waals surface area (Å²) >= 11 is 3.45. The molecule has 0 aliphatic carbocycles. The lowest BCUT2D eigenvalue weighted by Gasteiger charge is -2.28. The highest BCUT2D eigenvalue weighted by molar-refractivity contribution is 9.10. The minimum absolute atomic E-state index is 0.152. The highest BCUT2D eigenvalue weighted by Gasteiger charge is 2.26. The first-order valence-corrected chi connectivity index (χ1v) is 10.2. The van der Waals surface area contributed by atoms with Gasteiger partial charge in [0.05, 0.1) is 7.11 Å². The second kappa shape index (κ2) is 10.9. The van der Waals surface area contributed by atoms with Crippen LogP contribution in [0.3, 0.4) is 0 Å². The summed E-state index contributed by atoms with van der Waals surface area (Å²) in [6.45, 7) is 6.16. The summed E-state index contributed by atoms with van der Waals surface area (Å²) in [4.78, 5) is 26.8. The molecular formula is C22H27BrN2O4. The van der Waals surface area contributed by atoms with Gasteiger partial charge in [0.25, 0.3) is 5.91 Å². The number of rotatable bonds is 9. The van der Waals surface area contributed by atoms with E-state index in [-0.39, 0.29) is 18.4 Å². The maximum atomic E-state index is 12.9. The lowest BCUT2D eigenvalue weighted by molar-refractivity contribution is -0.142. The first-order chi connectivity index (χ1) is 13.8. The van der Waals surface area contributed by atoms with Gasteiger partial charge in [0, 0.05) is 17.6 Å². The first kappa shape index (κ1) is 22.7. The monoisotopic (exact) mass is 462 g/mol. The number of carbonyl (C=O) groups is 2. The number of aryl methyl sites for hydroxylation is 1. The molecule has 0 aliphatic rings. The molecule has 0 aromatic heterocycles. The molecule has 2 rings (SSSR count). The molecule has 6 nitrogen and oxygen atoms in total. The molecular weight excluding hydrogens is 436 g/mol. The topological polar surface area (TPSA) is 67.9 Å². The van der Waals surface area contributed by atoms with Crippen LogP contribution >= 0.6 is 15.9 Å². The smallest absolute Gasteiger partial charge is 0.261 e. The van der Waals surface area contributed by atoms with Crippen LogP contribution in [0.5, 0.6) is 11.5 Å². The van der Waals surface area contributed by atoms with Crippen LogP contribution in [0.25, 0.3) is 0 Å². The van der Waals surface area contributed by atoms with Gasteiger partial charge < -0.3 is 19.7 Å². The molecule has 156 valence electrons. The first-order valence-electron chi connectivity index (χ1n) is 9.44. The second-order valence-corrected chi connectivity index (χ2v) is 7.49. The van der Waals surface area contributed by atoms with Gasteiger partial charge >= 0.3 is 0 Å². The lowest BCUT2D eigenvalue weighted by Crippen LogP contribution is -2.49. The Balaban J connectivity index is 2.14. The number of hydrogen-bond acceptors (Lipinski definition) is 4. The molecule has 2 aromatic carbocycles. The van der Waals surface area contributed by atoms with Crippen LogP contribution in [0.15, 0.2) is 46.9 Å². The van der Waals surface area contributed by atoms with Crippen molar-refractivity contribution >= 4 is 27.7 Å². The van der Waals surface area contributed by atoms with Gasteiger partial charge in [-0.1, -0.05) is 28.1 Å². The van der Waals surface area contributed by atoms with E-state index in [1.54, 1.807) is 20.1 Å². The fraction of sp³-hybridized carbons (Fsp3) is 0.364. The number of halogens is 1. The summed E-state index contributed by atoms with van der Waals surface area (Å²) in [7, 11) is 1.60. The number of ether oxygens (including phenoxy) is 2. The zero-order valence-corrected chi connectivity index (χ0v) is 18.8. The van der Waals surface area contributed by atoms with Crippen molar-refractivity contribution in [1.82, 2.24) is 10.2 Å². The quantitative estimate of drug-likeness (QED) is 0.616. The standard InChI is InChI=1S/C22H27BrN2O4/c1-5-24-22(27)16(3)25(13-17-6-8-18(28-4)9-7-17)21(26)14-29-19-10-11-20(23)15(2)12-19/h6-12,16H,5,13-14H2,1-4H3,(H,24,27)/t16-/m1/s1. The van der Waals surface area contributed by atoms with E-state index >= 15 is 0 Å². The van der Waals surface area contributed by atoms with E-state index in [0.29, 0.717) is 18.8 Å². The Kier molecular flexibility index (Phi) is 8.51. The van der Waals surface area contributed by atoms with Gasteiger partial charge in [0.1, 0.15) is 17.5 Å². The highest BCUT2D eigenvalue weighted by atomic mass is 79.9. The van der Waals surface area contributed by atoms with Crippen LogP contribution in [0, 0.1) is 6.92 Å². The average Bonchev–Trinajstić information content (AvgIpc) is 2.72. The maximum Gasteiger partial charge on any atom is 0.261 e. The third-order valence-electron chi connectivity index (χ3n) is 4.52. The SMILES string of the molecule is CCNC(=O)[C@@H](C)N(Cc1ccc(OC)cc1)C(=O)COc1ccc(Br)c(C)c1. The predicted molar refractivity (Wildman–Crippen MR) is 116 cm³/mol. The van der Waals surface area contributed by atoms with Crippen LogP contribution in [-0.2, 0) is 16.1 Å². The Labute approximate surface area is 180 Å². The minimum Gasteiger partial charge on any atom is -0.497 e. The van der Waals surface area contributed by atoms with Crippen molar-refractivity contribution in [1.29, 1.82) is 0 Å². The third kappa shape index (κ3) is 6.49. The Morgan fingerprint density at radius 2 is 1.79 bits per heavy atom. The van der Waals surface area contributed by atoms with Gasteiger partial charge in [-0.3, -0.25) is 9.59 Å². The Hall–Kier alpha value is -2.54. The average molecular weight is 463 g/mol. The Morgan fingerprint density at radius 3 is 2.38 bits per heavy atom. The number of carbonyl (C=O) groups excluding carboxylic acids is 2. The molecule has 1 atom stereocenters. The molecule has 0 bridgehead atoms. The fourth-order valence-corrected chi connectivity index (χ4v) is 3.01. The van der Waals surface area contributed by atoms with Crippen molar-refractivity contribution in [3.05, 3.63) is 58.1 Å². The number of nitrogens with one attached hydrogen (secondary N) is 1. The Bertz CT molecular complexity index is 839. The van der Waals surface area contributed by atoms with Crippen LogP contribution in [0.1, 0.15) is 25.0 Å². The van der Waals surface area contributed by atoms with Gasteiger partial charge in [0.15, 0.2) is 6.61 Å². The van der Waals surface area contributed by atoms with Gasteiger partial charge in [-0.25, -0.2) is 0 Å². The molecule has 0 aliphatic heterocycles. The van der Waals surface area contributed by atoms with Crippen molar-refractivity contribution in [3.63, 3.8) is 0 Å². The van der Waals surface area contributed by atoms with E-state index in [2.05, 4.69) is 21.2 Å². The molecule has 2 amide bonds. The van der Waals surface area contributed by atoms with E-state index in [1.807, 2.05) is 50.2 Å². The van der Waals surface area contributed by atoms with Crippen molar-refractivity contribution in [2.45, 2.75) is 33.4 Å². The molecule has 1 N–H and O–H groups in total. The maximum absolute atomic E-state index is 12.9. The van der Waals surface area contributed by atoms with E-state index in [0.717, 1.165) is 21.3 Å². The van der Waals surface area contributed by atoms with E-state index in [1.165, 1.54) is 4.90 Å². The predicted octanol–water partition coefficient (Wildman–Crippen LogP) is 3.70. The van der Waals surface area contributed by atoms with Crippen molar-refractivity contribution in [3.8, 4) is 11.5 Å². The number of nitrogens with zero attached hydrogens (tertiary/aromatic N) is 1. The number of benzene rings is 2. The highest BCUT2D eigenvalue weighted by Crippen LogP contribution is 2.22. The molecule has 0 spiro atoms. The van der Waals surface area contributed by atoms with E-state index in [4.69, 9.17) is 9.47 Å². The van der Waals surface area contributed by atoms with E-state index < -0.39 is 6.04 Å². The molecule has 0 saturated carbocycles. The normalized spacial score (nSPS) is 11.5. The van der Waals surface area contributed by atoms with Gasteiger partial charge in [-0.2, -0.15) is 0 Å². The van der Waals surface area contributed by atoms with Crippen molar-refractivity contribution in [2.24, 2.45) is 0 Å². The minimum atomic E-state index is -0.625. The molecule has 2 aromatic rings. The van der Waals surface area contributed by atoms with Gasteiger partial charge in [0.2, 0.25) is 5.91 Å². The fourth-order valence-electron chi connectivity index (χ4n) is 2.77. The summed E-state index contributed by atoms with van der Waals surface area (Å²) in [6, 6.07) is 12.3. The number of likely N-dealkylation sites (N-methyl/N-ethyl adjacent to an activating group) is 1. The molecule has 7 heteroatoms. The lowest BCUT2D eigenvalue weighted by atomic mass is 10.1. The van der Waals surface area contributed by atoms with E-state index in [9.17, 15) is 9.59 Å². The molecule has 0 saturated heterocycles. The number of hydrogen-bond donors (Lipinski definition) is 1. The molecule has 29 heavy (non-hydrogen) atoms. The van der Waals surface area contributed by atoms with Crippen LogP contribution in [0.2, 0.25) is 0 Å². The second-order valence-electron chi connectivity index (χ2n) is 6.64. The Morgan fingerprint density at radius 1 is 1.14 bits per heavy atom. The van der Waals surface area contributed by atoms with Gasteiger partial charge in [-0.05, 0) is 62.2 Å². The summed E-state index contributed by atoms with van der Waals surface area (Å²) < 4.78 is 11.8. The van der Waals surface area contributed by atoms with Crippen LogP contribution in [0.4, 0.5) is 0 Å². The number of amides is 2. The summed E-state index contributed by atoms with van der Waals surface area (Å²) in [6.07, 6.45) is 0. The number of methoxy groups -OCH3 is 1. The van der Waals surface area contributed by atoms with Crippen LogP contribution < -0.4 is 14.8 Å². The summed E-state index contributed by atoms with van der Waals surface area (Å²) in [5.41, 5.74) is 1.91. The zero-order chi connectivity index (χ0) is 21.4. The van der Waals surface area contributed by atoms with Crippen molar-refractivity contribution < 1.29 is 19.1 Å². The molecule has 0 heterocycles. The van der Waals surface area contributed by atoms with Crippen molar-refractivity contribution in [2.75, 3.05) is 20.3 Å².